The molecule has 0 saturated carbocycles. The Bertz CT molecular complexity index is 179. The second kappa shape index (κ2) is 2.63. The fourth-order valence-corrected chi connectivity index (χ4v) is 1.68. The molecule has 0 aromatic carbocycles. The van der Waals surface area contributed by atoms with E-state index in [-0.39, 0.29) is 11.6 Å². The maximum absolute atomic E-state index is 5.35. The van der Waals surface area contributed by atoms with Crippen LogP contribution < -0.4 is 5.32 Å². The Balaban J connectivity index is 2.75. The zero-order valence-electron chi connectivity index (χ0n) is 7.47. The van der Waals surface area contributed by atoms with Crippen molar-refractivity contribution in [2.75, 3.05) is 0 Å². The molecule has 1 saturated heterocycles. The van der Waals surface area contributed by atoms with Gasteiger partial charge in [-0.15, -0.1) is 0 Å². The summed E-state index contributed by atoms with van der Waals surface area (Å²) in [5, 5.41) is 3.67. The van der Waals surface area contributed by atoms with Crippen molar-refractivity contribution in [2.24, 2.45) is 5.92 Å². The first kappa shape index (κ1) is 8.78. The predicted molar refractivity (Wildman–Crippen MR) is 49.5 cm³/mol. The number of rotatable bonds is 0. The summed E-state index contributed by atoms with van der Waals surface area (Å²) in [7, 11) is 0. The number of hydrogen-bond acceptors (Lipinski definition) is 2. The third-order valence-electron chi connectivity index (χ3n) is 2.56. The predicted octanol–water partition coefficient (Wildman–Crippen LogP) is 1.69. The Kier molecular flexibility index (Phi) is 2.10. The van der Waals surface area contributed by atoms with E-state index in [2.05, 4.69) is 33.0 Å². The molecule has 0 amide bonds. The Morgan fingerprint density at radius 3 is 2.45 bits per heavy atom. The Morgan fingerprint density at radius 1 is 1.45 bits per heavy atom. The summed E-state index contributed by atoms with van der Waals surface area (Å²) in [5.41, 5.74) is 0.0642. The van der Waals surface area contributed by atoms with Crippen molar-refractivity contribution in [3.63, 3.8) is 0 Å². The lowest BCUT2D eigenvalue weighted by Gasteiger charge is -2.42. The van der Waals surface area contributed by atoms with Gasteiger partial charge in [0.1, 0.15) is 6.10 Å². The number of hydrogen-bond donors (Lipinski definition) is 1. The molecule has 0 bridgehead atoms. The van der Waals surface area contributed by atoms with Crippen LogP contribution in [-0.2, 0) is 4.74 Å². The van der Waals surface area contributed by atoms with Crippen LogP contribution in [0.5, 0.6) is 0 Å². The number of nitrogens with one attached hydrogen (secondary N) is 1. The van der Waals surface area contributed by atoms with Crippen LogP contribution in [0.25, 0.3) is 0 Å². The van der Waals surface area contributed by atoms with Crippen LogP contribution in [0.3, 0.4) is 0 Å². The summed E-state index contributed by atoms with van der Waals surface area (Å²) in [6, 6.07) is 0. The van der Waals surface area contributed by atoms with Crippen LogP contribution in [0.1, 0.15) is 27.7 Å². The summed E-state index contributed by atoms with van der Waals surface area (Å²) in [5.74, 6) is 0.481. The van der Waals surface area contributed by atoms with Gasteiger partial charge in [0.15, 0.2) is 0 Å². The molecule has 2 atom stereocenters. The standard InChI is InChI=1S/C8H15NOS/c1-5-6(2)10-7(11)9-8(5,3)4/h5-6H,1-4H3,(H,9,11)/t5-,6+/m1/s1. The molecule has 0 unspecified atom stereocenters. The zero-order valence-corrected chi connectivity index (χ0v) is 8.29. The van der Waals surface area contributed by atoms with Crippen molar-refractivity contribution >= 4 is 17.4 Å². The van der Waals surface area contributed by atoms with Gasteiger partial charge in [0.25, 0.3) is 5.17 Å². The second-order valence-electron chi connectivity index (χ2n) is 3.75. The van der Waals surface area contributed by atoms with Crippen molar-refractivity contribution < 1.29 is 4.74 Å². The molecule has 1 rings (SSSR count). The largest absolute Gasteiger partial charge is 0.468 e. The van der Waals surface area contributed by atoms with Gasteiger partial charge in [0.2, 0.25) is 0 Å². The van der Waals surface area contributed by atoms with E-state index in [0.717, 1.165) is 0 Å². The van der Waals surface area contributed by atoms with Gasteiger partial charge in [-0.1, -0.05) is 6.92 Å². The number of thiocarbonyl (C=S) groups is 1. The smallest absolute Gasteiger partial charge is 0.257 e. The summed E-state index contributed by atoms with van der Waals surface area (Å²) in [6.45, 7) is 8.50. The maximum atomic E-state index is 5.35. The lowest BCUT2D eigenvalue weighted by Crippen LogP contribution is -2.57. The monoisotopic (exact) mass is 173 g/mol. The summed E-state index contributed by atoms with van der Waals surface area (Å²) in [4.78, 5) is 0. The summed E-state index contributed by atoms with van der Waals surface area (Å²) in [6.07, 6.45) is 0.221. The average Bonchev–Trinajstić information content (AvgIpc) is 1.81. The first-order valence-corrected chi connectivity index (χ1v) is 4.33. The highest BCUT2D eigenvalue weighted by molar-refractivity contribution is 7.80. The van der Waals surface area contributed by atoms with E-state index in [4.69, 9.17) is 17.0 Å². The van der Waals surface area contributed by atoms with Gasteiger partial charge in [-0.25, -0.2) is 0 Å². The lowest BCUT2D eigenvalue weighted by atomic mass is 9.84. The van der Waals surface area contributed by atoms with Crippen LogP contribution in [0.4, 0.5) is 0 Å². The highest BCUT2D eigenvalue weighted by Gasteiger charge is 2.36. The fraction of sp³-hybridized carbons (Fsp3) is 0.875. The number of ether oxygens (including phenoxy) is 1. The van der Waals surface area contributed by atoms with Gasteiger partial charge < -0.3 is 10.1 Å². The first-order valence-electron chi connectivity index (χ1n) is 3.92. The highest BCUT2D eigenvalue weighted by atomic mass is 32.1. The molecule has 0 aliphatic carbocycles. The molecular weight excluding hydrogens is 158 g/mol. The van der Waals surface area contributed by atoms with E-state index in [1.54, 1.807) is 0 Å². The Hall–Kier alpha value is -0.310. The molecule has 64 valence electrons. The molecule has 0 aromatic heterocycles. The minimum atomic E-state index is 0.0642. The van der Waals surface area contributed by atoms with Crippen molar-refractivity contribution in [2.45, 2.75) is 39.3 Å². The molecule has 1 aliphatic rings. The molecule has 1 aliphatic heterocycles. The van der Waals surface area contributed by atoms with Gasteiger partial charge in [-0.3, -0.25) is 0 Å². The summed E-state index contributed by atoms with van der Waals surface area (Å²) < 4.78 is 5.35. The minimum Gasteiger partial charge on any atom is -0.468 e. The topological polar surface area (TPSA) is 21.3 Å². The van der Waals surface area contributed by atoms with Crippen LogP contribution in [0.15, 0.2) is 0 Å². The van der Waals surface area contributed by atoms with Crippen LogP contribution >= 0.6 is 12.2 Å². The molecule has 11 heavy (non-hydrogen) atoms. The molecule has 0 spiro atoms. The van der Waals surface area contributed by atoms with Gasteiger partial charge >= 0.3 is 0 Å². The van der Waals surface area contributed by atoms with Crippen LogP contribution in [0.2, 0.25) is 0 Å². The van der Waals surface area contributed by atoms with Crippen molar-refractivity contribution in [1.82, 2.24) is 5.32 Å². The quantitative estimate of drug-likeness (QED) is 0.563. The van der Waals surface area contributed by atoms with E-state index in [0.29, 0.717) is 11.1 Å². The van der Waals surface area contributed by atoms with E-state index in [1.807, 2.05) is 0 Å². The Labute approximate surface area is 73.3 Å². The van der Waals surface area contributed by atoms with Crippen LogP contribution in [0, 0.1) is 5.92 Å². The summed E-state index contributed by atoms with van der Waals surface area (Å²) >= 11 is 4.95. The van der Waals surface area contributed by atoms with E-state index in [9.17, 15) is 0 Å². The average molecular weight is 173 g/mol. The normalized spacial score (nSPS) is 35.8. The minimum absolute atomic E-state index is 0.0642. The van der Waals surface area contributed by atoms with Gasteiger partial charge in [-0.05, 0) is 33.0 Å². The molecule has 2 nitrogen and oxygen atoms in total. The molecule has 1 N–H and O–H groups in total. The second-order valence-corrected chi connectivity index (χ2v) is 4.12. The first-order chi connectivity index (χ1) is 4.93. The molecule has 0 aromatic rings. The molecule has 1 heterocycles. The third-order valence-corrected chi connectivity index (χ3v) is 2.76. The van der Waals surface area contributed by atoms with E-state index in [1.165, 1.54) is 0 Å². The SMILES string of the molecule is C[C@@H]1OC(=S)NC(C)(C)[C@@H]1C. The molecule has 1 fully saturated rings. The maximum Gasteiger partial charge on any atom is 0.257 e. The molecular formula is C8H15NOS. The van der Waals surface area contributed by atoms with Crippen molar-refractivity contribution in [3.8, 4) is 0 Å². The van der Waals surface area contributed by atoms with Crippen molar-refractivity contribution in [1.29, 1.82) is 0 Å². The van der Waals surface area contributed by atoms with Gasteiger partial charge in [0.05, 0.1) is 0 Å². The highest BCUT2D eigenvalue weighted by Crippen LogP contribution is 2.25. The third kappa shape index (κ3) is 1.64. The van der Waals surface area contributed by atoms with Gasteiger partial charge in [-0.2, -0.15) is 0 Å². The Morgan fingerprint density at radius 2 is 2.00 bits per heavy atom. The van der Waals surface area contributed by atoms with E-state index >= 15 is 0 Å². The lowest BCUT2D eigenvalue weighted by molar-refractivity contribution is 0.0585. The fourth-order valence-electron chi connectivity index (χ4n) is 1.26. The molecule has 3 heteroatoms. The zero-order chi connectivity index (χ0) is 8.65. The van der Waals surface area contributed by atoms with Gasteiger partial charge in [0, 0.05) is 11.5 Å². The van der Waals surface area contributed by atoms with E-state index < -0.39 is 0 Å². The van der Waals surface area contributed by atoms with Crippen LogP contribution in [-0.4, -0.2) is 16.8 Å². The van der Waals surface area contributed by atoms with Crippen molar-refractivity contribution in [3.05, 3.63) is 0 Å². The molecule has 0 radical (unpaired) electrons.